The van der Waals surface area contributed by atoms with Gasteiger partial charge in [-0.15, -0.1) is 12.4 Å². The lowest BCUT2D eigenvalue weighted by atomic mass is 9.77. The molecule has 0 bridgehead atoms. The maximum absolute atomic E-state index is 9.86. The van der Waals surface area contributed by atoms with E-state index in [1.54, 1.807) is 0 Å². The lowest BCUT2D eigenvalue weighted by molar-refractivity contribution is 0.263. The summed E-state index contributed by atoms with van der Waals surface area (Å²) in [6, 6.07) is 1.82. The molecule has 1 aromatic carbocycles. The van der Waals surface area contributed by atoms with Gasteiger partial charge in [0.1, 0.15) is 5.75 Å². The second-order valence-electron chi connectivity index (χ2n) is 4.13. The molecule has 17 heavy (non-hydrogen) atoms. The molecule has 0 amide bonds. The zero-order valence-corrected chi connectivity index (χ0v) is 14.5. The van der Waals surface area contributed by atoms with E-state index in [1.807, 2.05) is 6.07 Å². The minimum absolute atomic E-state index is 0. The van der Waals surface area contributed by atoms with E-state index in [2.05, 4.69) is 47.8 Å². The molecule has 3 N–H and O–H groups in total. The Labute approximate surface area is 132 Å². The minimum atomic E-state index is -0.0171. The van der Waals surface area contributed by atoms with Crippen molar-refractivity contribution in [3.8, 4) is 5.75 Å². The summed E-state index contributed by atoms with van der Waals surface area (Å²) < 4.78 is 2.28. The summed E-state index contributed by atoms with van der Waals surface area (Å²) in [5, 5.41) is 9.86. The first-order valence-electron chi connectivity index (χ1n) is 5.14. The number of benzene rings is 1. The van der Waals surface area contributed by atoms with Crippen molar-refractivity contribution in [2.75, 3.05) is 0 Å². The van der Waals surface area contributed by atoms with E-state index in [9.17, 15) is 5.11 Å². The van der Waals surface area contributed by atoms with Crippen LogP contribution < -0.4 is 5.73 Å². The Morgan fingerprint density at radius 3 is 2.29 bits per heavy atom. The summed E-state index contributed by atoms with van der Waals surface area (Å²) in [6.07, 6.45) is 3.61. The van der Waals surface area contributed by atoms with Crippen LogP contribution in [0.2, 0.25) is 0 Å². The molecule has 2 rings (SSSR count). The van der Waals surface area contributed by atoms with Crippen LogP contribution in [0.1, 0.15) is 30.9 Å². The number of nitrogens with two attached hydrogens (primary N) is 1. The highest BCUT2D eigenvalue weighted by molar-refractivity contribution is 9.11. The van der Waals surface area contributed by atoms with E-state index < -0.39 is 0 Å². The zero-order valence-electron chi connectivity index (χ0n) is 8.92. The van der Waals surface area contributed by atoms with Crippen molar-refractivity contribution in [1.29, 1.82) is 0 Å². The molecule has 1 fully saturated rings. The molecule has 1 saturated carbocycles. The fraction of sp³-hybridized carbons (Fsp3) is 0.455. The largest absolute Gasteiger partial charge is 0.506 e. The second-order valence-corrected chi connectivity index (χ2v) is 6.63. The van der Waals surface area contributed by atoms with Crippen LogP contribution in [0, 0.1) is 5.92 Å². The summed E-state index contributed by atoms with van der Waals surface area (Å²) >= 11 is 10.2. The Morgan fingerprint density at radius 1 is 1.24 bits per heavy atom. The number of halogens is 4. The number of phenols is 1. The van der Waals surface area contributed by atoms with E-state index in [0.29, 0.717) is 14.9 Å². The predicted molar refractivity (Wildman–Crippen MR) is 82.7 cm³/mol. The number of hydrogen-bond acceptors (Lipinski definition) is 2. The number of rotatable bonds is 2. The van der Waals surface area contributed by atoms with Crippen LogP contribution in [-0.4, -0.2) is 5.11 Å². The van der Waals surface area contributed by atoms with Gasteiger partial charge < -0.3 is 10.8 Å². The molecule has 1 aliphatic carbocycles. The van der Waals surface area contributed by atoms with Crippen molar-refractivity contribution < 1.29 is 5.11 Å². The topological polar surface area (TPSA) is 46.2 Å². The summed E-state index contributed by atoms with van der Waals surface area (Å²) in [4.78, 5) is 0. The third kappa shape index (κ3) is 3.00. The average molecular weight is 450 g/mol. The molecule has 0 saturated heterocycles. The van der Waals surface area contributed by atoms with Crippen LogP contribution >= 0.6 is 60.2 Å². The van der Waals surface area contributed by atoms with Crippen molar-refractivity contribution in [2.24, 2.45) is 11.7 Å². The highest BCUT2D eigenvalue weighted by Gasteiger charge is 2.29. The molecule has 6 heteroatoms. The smallest absolute Gasteiger partial charge is 0.144 e. The van der Waals surface area contributed by atoms with Crippen LogP contribution in [0.25, 0.3) is 0 Å². The molecule has 1 atom stereocenters. The van der Waals surface area contributed by atoms with Gasteiger partial charge in [0, 0.05) is 16.1 Å². The highest BCUT2D eigenvalue weighted by Crippen LogP contribution is 2.46. The molecule has 0 aliphatic heterocycles. The Hall–Kier alpha value is 0.710. The average Bonchev–Trinajstić information content (AvgIpc) is 2.11. The van der Waals surface area contributed by atoms with Crippen molar-refractivity contribution in [3.63, 3.8) is 0 Å². The number of hydrogen-bond donors (Lipinski definition) is 2. The summed E-state index contributed by atoms with van der Waals surface area (Å²) in [6.45, 7) is 0. The molecule has 0 aromatic heterocycles. The summed E-state index contributed by atoms with van der Waals surface area (Å²) in [5.41, 5.74) is 7.20. The fourth-order valence-electron chi connectivity index (χ4n) is 1.93. The molecule has 96 valence electrons. The molecule has 1 aliphatic rings. The van der Waals surface area contributed by atoms with Crippen LogP contribution in [0.3, 0.4) is 0 Å². The molecular formula is C11H13Br3ClNO. The van der Waals surface area contributed by atoms with Crippen molar-refractivity contribution in [2.45, 2.75) is 25.3 Å². The Bertz CT molecular complexity index is 424. The number of phenolic OH excluding ortho intramolecular Hbond substituents is 1. The quantitative estimate of drug-likeness (QED) is 0.673. The number of aromatic hydroxyl groups is 1. The minimum Gasteiger partial charge on any atom is -0.506 e. The van der Waals surface area contributed by atoms with E-state index in [-0.39, 0.29) is 24.2 Å². The fourth-order valence-corrected chi connectivity index (χ4v) is 4.58. The SMILES string of the molecule is Cl.N[C@H](c1c(Br)cc(Br)c(O)c1Br)C1CCC1. The molecule has 0 spiro atoms. The van der Waals surface area contributed by atoms with Crippen LogP contribution in [0.5, 0.6) is 5.75 Å². The van der Waals surface area contributed by atoms with Crippen molar-refractivity contribution >= 4 is 60.2 Å². The Balaban J connectivity index is 0.00000144. The van der Waals surface area contributed by atoms with Crippen LogP contribution in [0.4, 0.5) is 0 Å². The van der Waals surface area contributed by atoms with Crippen LogP contribution in [-0.2, 0) is 0 Å². The second kappa shape index (κ2) is 6.24. The highest BCUT2D eigenvalue weighted by atomic mass is 79.9. The predicted octanol–water partition coefficient (Wildman–Crippen LogP) is 4.90. The van der Waals surface area contributed by atoms with Gasteiger partial charge in [-0.3, -0.25) is 0 Å². The Morgan fingerprint density at radius 2 is 1.82 bits per heavy atom. The van der Waals surface area contributed by atoms with Crippen LogP contribution in [0.15, 0.2) is 19.5 Å². The molecular weight excluding hydrogens is 437 g/mol. The molecule has 0 heterocycles. The van der Waals surface area contributed by atoms with Gasteiger partial charge in [-0.25, -0.2) is 0 Å². The van der Waals surface area contributed by atoms with Gasteiger partial charge >= 0.3 is 0 Å². The van der Waals surface area contributed by atoms with Gasteiger partial charge in [0.05, 0.1) is 8.95 Å². The molecule has 0 radical (unpaired) electrons. The van der Waals surface area contributed by atoms with Gasteiger partial charge in [0.2, 0.25) is 0 Å². The van der Waals surface area contributed by atoms with Gasteiger partial charge in [0.15, 0.2) is 0 Å². The molecule has 1 aromatic rings. The van der Waals surface area contributed by atoms with Crippen molar-refractivity contribution in [1.82, 2.24) is 0 Å². The Kier molecular flexibility index (Phi) is 5.79. The van der Waals surface area contributed by atoms with E-state index in [4.69, 9.17) is 5.73 Å². The van der Waals surface area contributed by atoms with Gasteiger partial charge in [0.25, 0.3) is 0 Å². The maximum Gasteiger partial charge on any atom is 0.144 e. The van der Waals surface area contributed by atoms with Crippen molar-refractivity contribution in [3.05, 3.63) is 25.0 Å². The van der Waals surface area contributed by atoms with E-state index >= 15 is 0 Å². The van der Waals surface area contributed by atoms with Gasteiger partial charge in [-0.1, -0.05) is 22.4 Å². The first kappa shape index (κ1) is 15.8. The van der Waals surface area contributed by atoms with Gasteiger partial charge in [-0.05, 0) is 56.7 Å². The first-order valence-corrected chi connectivity index (χ1v) is 7.52. The van der Waals surface area contributed by atoms with E-state index in [0.717, 1.165) is 10.0 Å². The maximum atomic E-state index is 9.86. The standard InChI is InChI=1S/C11H12Br3NO.ClH/c12-6-4-7(13)11(16)9(14)8(6)10(15)5-2-1-3-5;/h4-5,10,16H,1-3,15H2;1H/t10-;/m0./s1. The zero-order chi connectivity index (χ0) is 11.9. The molecule has 2 nitrogen and oxygen atoms in total. The first-order chi connectivity index (χ1) is 7.52. The lowest BCUT2D eigenvalue weighted by Crippen LogP contribution is -2.27. The lowest BCUT2D eigenvalue weighted by Gasteiger charge is -2.32. The van der Waals surface area contributed by atoms with E-state index in [1.165, 1.54) is 19.3 Å². The summed E-state index contributed by atoms with van der Waals surface area (Å²) in [5.74, 6) is 0.751. The third-order valence-electron chi connectivity index (χ3n) is 3.17. The normalized spacial score (nSPS) is 17.2. The monoisotopic (exact) mass is 447 g/mol. The van der Waals surface area contributed by atoms with Gasteiger partial charge in [-0.2, -0.15) is 0 Å². The molecule has 0 unspecified atom stereocenters. The summed E-state index contributed by atoms with van der Waals surface area (Å²) in [7, 11) is 0. The third-order valence-corrected chi connectivity index (χ3v) is 5.24.